The van der Waals surface area contributed by atoms with Crippen LogP contribution in [0, 0.1) is 16.7 Å². The standard InChI is InChI=1S/C19H24O5/c1-18-8-3-9-19(17(22)23,10-6-13-7-11-24-12-13)15(18)5-2-4-14(18)16(20)21/h4,7,11-12,15H,2-3,5-6,8-10H2,1H3,(H,20,21)(H,22,23)/t15?,18-,19-/m0/s1. The molecule has 1 aromatic rings. The van der Waals surface area contributed by atoms with Gasteiger partial charge in [0.2, 0.25) is 0 Å². The summed E-state index contributed by atoms with van der Waals surface area (Å²) in [5.74, 6) is -1.83. The van der Waals surface area contributed by atoms with Crippen molar-refractivity contribution in [2.24, 2.45) is 16.7 Å². The highest BCUT2D eigenvalue weighted by atomic mass is 16.4. The zero-order chi connectivity index (χ0) is 17.4. The molecule has 5 nitrogen and oxygen atoms in total. The highest BCUT2D eigenvalue weighted by molar-refractivity contribution is 5.89. The number of carboxylic acids is 2. The van der Waals surface area contributed by atoms with Crippen LogP contribution in [0.4, 0.5) is 0 Å². The lowest BCUT2D eigenvalue weighted by atomic mass is 9.49. The minimum absolute atomic E-state index is 0.140. The second-order valence-corrected chi connectivity index (χ2v) is 7.42. The van der Waals surface area contributed by atoms with Gasteiger partial charge in [-0.15, -0.1) is 0 Å². The van der Waals surface area contributed by atoms with E-state index in [0.29, 0.717) is 31.3 Å². The Labute approximate surface area is 141 Å². The molecule has 5 heteroatoms. The molecule has 0 aliphatic heterocycles. The SMILES string of the molecule is C[C@@]12CCC[C@@](CCc3ccoc3)(C(=O)O)C1CCC=C2C(=O)O. The Morgan fingerprint density at radius 2 is 2.12 bits per heavy atom. The molecule has 2 N–H and O–H groups in total. The molecule has 130 valence electrons. The maximum absolute atomic E-state index is 12.3. The minimum Gasteiger partial charge on any atom is -0.481 e. The van der Waals surface area contributed by atoms with Crippen LogP contribution in [-0.2, 0) is 16.0 Å². The molecular weight excluding hydrogens is 308 g/mol. The van der Waals surface area contributed by atoms with E-state index in [2.05, 4.69) is 0 Å². The number of aliphatic carboxylic acids is 2. The average Bonchev–Trinajstić information content (AvgIpc) is 3.04. The van der Waals surface area contributed by atoms with E-state index in [1.54, 1.807) is 18.6 Å². The Hall–Kier alpha value is -2.04. The quantitative estimate of drug-likeness (QED) is 0.854. The van der Waals surface area contributed by atoms with Crippen LogP contribution in [0.2, 0.25) is 0 Å². The van der Waals surface area contributed by atoms with Crippen LogP contribution >= 0.6 is 0 Å². The molecular formula is C19H24O5. The van der Waals surface area contributed by atoms with Gasteiger partial charge in [-0.05, 0) is 56.1 Å². The van der Waals surface area contributed by atoms with Gasteiger partial charge in [0.15, 0.2) is 0 Å². The van der Waals surface area contributed by atoms with E-state index in [4.69, 9.17) is 4.42 Å². The van der Waals surface area contributed by atoms with Crippen LogP contribution in [0.25, 0.3) is 0 Å². The van der Waals surface area contributed by atoms with Gasteiger partial charge in [0, 0.05) is 11.0 Å². The van der Waals surface area contributed by atoms with Crippen molar-refractivity contribution in [2.75, 3.05) is 0 Å². The number of carboxylic acid groups (broad SMARTS) is 2. The molecule has 1 fully saturated rings. The van der Waals surface area contributed by atoms with Crippen molar-refractivity contribution in [3.05, 3.63) is 35.8 Å². The van der Waals surface area contributed by atoms with Gasteiger partial charge in [-0.2, -0.15) is 0 Å². The first-order chi connectivity index (χ1) is 11.4. The lowest BCUT2D eigenvalue weighted by molar-refractivity contribution is -0.163. The van der Waals surface area contributed by atoms with Gasteiger partial charge in [0.1, 0.15) is 0 Å². The van der Waals surface area contributed by atoms with E-state index in [1.165, 1.54) is 0 Å². The van der Waals surface area contributed by atoms with E-state index in [9.17, 15) is 19.8 Å². The van der Waals surface area contributed by atoms with Gasteiger partial charge in [-0.3, -0.25) is 4.79 Å². The first kappa shape index (κ1) is 16.8. The molecule has 0 radical (unpaired) electrons. The summed E-state index contributed by atoms with van der Waals surface area (Å²) in [6, 6.07) is 1.86. The molecule has 3 atom stereocenters. The van der Waals surface area contributed by atoms with Crippen LogP contribution in [0.1, 0.15) is 51.0 Å². The maximum Gasteiger partial charge on any atom is 0.331 e. The molecule has 2 aliphatic carbocycles. The number of hydrogen-bond donors (Lipinski definition) is 2. The first-order valence-corrected chi connectivity index (χ1v) is 8.58. The van der Waals surface area contributed by atoms with Crippen molar-refractivity contribution in [1.29, 1.82) is 0 Å². The van der Waals surface area contributed by atoms with Gasteiger partial charge < -0.3 is 14.6 Å². The summed E-state index contributed by atoms with van der Waals surface area (Å²) in [4.78, 5) is 24.0. The van der Waals surface area contributed by atoms with Crippen LogP contribution < -0.4 is 0 Å². The van der Waals surface area contributed by atoms with Crippen molar-refractivity contribution in [3.8, 4) is 0 Å². The number of aryl methyl sites for hydroxylation is 1. The molecule has 0 aromatic carbocycles. The van der Waals surface area contributed by atoms with Gasteiger partial charge in [-0.1, -0.05) is 19.4 Å². The number of hydrogen-bond acceptors (Lipinski definition) is 3. The monoisotopic (exact) mass is 332 g/mol. The highest BCUT2D eigenvalue weighted by Crippen LogP contribution is 2.60. The van der Waals surface area contributed by atoms with Crippen molar-refractivity contribution < 1.29 is 24.2 Å². The fraction of sp³-hybridized carbons (Fsp3) is 0.579. The third kappa shape index (κ3) is 2.56. The van der Waals surface area contributed by atoms with Crippen molar-refractivity contribution in [1.82, 2.24) is 0 Å². The summed E-state index contributed by atoms with van der Waals surface area (Å²) in [6.45, 7) is 1.95. The van der Waals surface area contributed by atoms with Gasteiger partial charge in [-0.25, -0.2) is 4.79 Å². The first-order valence-electron chi connectivity index (χ1n) is 8.58. The second-order valence-electron chi connectivity index (χ2n) is 7.42. The summed E-state index contributed by atoms with van der Waals surface area (Å²) >= 11 is 0. The van der Waals surface area contributed by atoms with E-state index in [0.717, 1.165) is 24.8 Å². The Bertz CT molecular complexity index is 659. The average molecular weight is 332 g/mol. The Morgan fingerprint density at radius 3 is 2.75 bits per heavy atom. The number of carbonyl (C=O) groups is 2. The second kappa shape index (κ2) is 6.11. The predicted molar refractivity (Wildman–Crippen MR) is 87.5 cm³/mol. The normalized spacial score (nSPS) is 32.7. The number of fused-ring (bicyclic) bond motifs is 1. The molecule has 0 spiro atoms. The van der Waals surface area contributed by atoms with E-state index in [-0.39, 0.29) is 5.92 Å². The highest BCUT2D eigenvalue weighted by Gasteiger charge is 2.58. The lowest BCUT2D eigenvalue weighted by Crippen LogP contribution is -2.52. The molecule has 1 heterocycles. The summed E-state index contributed by atoms with van der Waals surface area (Å²) in [6.07, 6.45) is 9.71. The van der Waals surface area contributed by atoms with E-state index >= 15 is 0 Å². The molecule has 1 saturated carbocycles. The zero-order valence-corrected chi connectivity index (χ0v) is 14.0. The van der Waals surface area contributed by atoms with Gasteiger partial charge >= 0.3 is 11.9 Å². The largest absolute Gasteiger partial charge is 0.481 e. The Morgan fingerprint density at radius 1 is 1.33 bits per heavy atom. The van der Waals surface area contributed by atoms with Crippen molar-refractivity contribution >= 4 is 11.9 Å². The Kier molecular flexibility index (Phi) is 4.28. The third-order valence-corrected chi connectivity index (χ3v) is 6.27. The number of furan rings is 1. The summed E-state index contributed by atoms with van der Waals surface area (Å²) in [7, 11) is 0. The summed E-state index contributed by atoms with van der Waals surface area (Å²) in [5, 5.41) is 19.7. The maximum atomic E-state index is 12.3. The molecule has 0 saturated heterocycles. The molecule has 0 amide bonds. The van der Waals surface area contributed by atoms with E-state index in [1.807, 2.05) is 13.0 Å². The van der Waals surface area contributed by atoms with Gasteiger partial charge in [0.25, 0.3) is 0 Å². The topological polar surface area (TPSA) is 87.7 Å². The van der Waals surface area contributed by atoms with Crippen molar-refractivity contribution in [3.63, 3.8) is 0 Å². The molecule has 1 unspecified atom stereocenters. The minimum atomic E-state index is -0.904. The molecule has 3 rings (SSSR count). The number of rotatable bonds is 5. The molecule has 0 bridgehead atoms. The molecule has 24 heavy (non-hydrogen) atoms. The van der Waals surface area contributed by atoms with Crippen LogP contribution in [0.5, 0.6) is 0 Å². The predicted octanol–water partition coefficient (Wildman–Crippen LogP) is 3.89. The fourth-order valence-corrected chi connectivity index (χ4v) is 5.07. The van der Waals surface area contributed by atoms with Crippen LogP contribution in [0.15, 0.2) is 34.7 Å². The molecule has 1 aromatic heterocycles. The smallest absolute Gasteiger partial charge is 0.331 e. The zero-order valence-electron chi connectivity index (χ0n) is 14.0. The van der Waals surface area contributed by atoms with E-state index < -0.39 is 22.8 Å². The lowest BCUT2D eigenvalue weighted by Gasteiger charge is -2.53. The third-order valence-electron chi connectivity index (χ3n) is 6.27. The van der Waals surface area contributed by atoms with Crippen molar-refractivity contribution in [2.45, 2.75) is 51.9 Å². The number of allylic oxidation sites excluding steroid dienone is 1. The fourth-order valence-electron chi connectivity index (χ4n) is 5.07. The summed E-state index contributed by atoms with van der Waals surface area (Å²) < 4.78 is 5.09. The molecule has 2 aliphatic rings. The van der Waals surface area contributed by atoms with Crippen LogP contribution in [-0.4, -0.2) is 22.2 Å². The Balaban J connectivity index is 1.95. The van der Waals surface area contributed by atoms with Crippen LogP contribution in [0.3, 0.4) is 0 Å². The summed E-state index contributed by atoms with van der Waals surface area (Å²) in [5.41, 5.74) is -0.0174. The van der Waals surface area contributed by atoms with Gasteiger partial charge in [0.05, 0.1) is 17.9 Å².